The second-order valence-electron chi connectivity index (χ2n) is 5.54. The Labute approximate surface area is 119 Å². The van der Waals surface area contributed by atoms with Crippen LogP contribution in [0.15, 0.2) is 54.6 Å². The van der Waals surface area contributed by atoms with E-state index in [-0.39, 0.29) is 5.41 Å². The third kappa shape index (κ3) is 3.85. The third-order valence-electron chi connectivity index (χ3n) is 2.87. The number of carbonyl (C=O) groups is 1. The molecule has 2 aromatic rings. The van der Waals surface area contributed by atoms with E-state index in [1.807, 2.05) is 18.2 Å². The maximum Gasteiger partial charge on any atom is 0.519 e. The van der Waals surface area contributed by atoms with E-state index in [2.05, 4.69) is 20.8 Å². The number of carbonyl (C=O) groups excluding carboxylic acids is 1. The third-order valence-corrected chi connectivity index (χ3v) is 2.87. The van der Waals surface area contributed by atoms with Gasteiger partial charge in [0.2, 0.25) is 0 Å². The zero-order valence-electron chi connectivity index (χ0n) is 11.9. The predicted molar refractivity (Wildman–Crippen MR) is 78.2 cm³/mol. The first-order chi connectivity index (χ1) is 9.45. The van der Waals surface area contributed by atoms with Gasteiger partial charge in [-0.2, -0.15) is 0 Å². The molecule has 0 saturated heterocycles. The van der Waals surface area contributed by atoms with Gasteiger partial charge in [-0.25, -0.2) is 4.79 Å². The normalized spacial score (nSPS) is 10.9. The van der Waals surface area contributed by atoms with Crippen molar-refractivity contribution in [2.24, 2.45) is 0 Å². The first kappa shape index (κ1) is 14.1. The minimum Gasteiger partial charge on any atom is -0.395 e. The van der Waals surface area contributed by atoms with Gasteiger partial charge in [0, 0.05) is 0 Å². The summed E-state index contributed by atoms with van der Waals surface area (Å²) in [6.07, 6.45) is -0.736. The van der Waals surface area contributed by atoms with Gasteiger partial charge in [-0.3, -0.25) is 0 Å². The molecule has 0 aliphatic carbocycles. The Bertz CT molecular complexity index is 565. The van der Waals surface area contributed by atoms with E-state index in [1.165, 1.54) is 5.56 Å². The predicted octanol–water partition coefficient (Wildman–Crippen LogP) is 4.56. The largest absolute Gasteiger partial charge is 0.519 e. The van der Waals surface area contributed by atoms with Crippen molar-refractivity contribution in [3.05, 3.63) is 60.2 Å². The molecule has 0 unspecified atom stereocenters. The van der Waals surface area contributed by atoms with Gasteiger partial charge in [-0.1, -0.05) is 51.1 Å². The molecule has 0 aliphatic heterocycles. The molecule has 0 aromatic heterocycles. The number of para-hydroxylation sites is 1. The molecule has 2 aromatic carbocycles. The fourth-order valence-corrected chi connectivity index (χ4v) is 1.72. The van der Waals surface area contributed by atoms with Crippen LogP contribution in [0.3, 0.4) is 0 Å². The van der Waals surface area contributed by atoms with Crippen molar-refractivity contribution in [3.8, 4) is 11.5 Å². The fourth-order valence-electron chi connectivity index (χ4n) is 1.72. The van der Waals surface area contributed by atoms with Gasteiger partial charge in [-0.15, -0.1) is 0 Å². The molecule has 104 valence electrons. The number of benzene rings is 2. The standard InChI is InChI=1S/C17H18O3/c1-17(2,3)13-9-11-15(12-10-13)20-16(18)19-14-7-5-4-6-8-14/h4-12H,1-3H3. The number of hydrogen-bond donors (Lipinski definition) is 0. The molecule has 0 atom stereocenters. The molecule has 0 fully saturated rings. The highest BCUT2D eigenvalue weighted by Crippen LogP contribution is 2.24. The second-order valence-corrected chi connectivity index (χ2v) is 5.54. The Kier molecular flexibility index (Phi) is 4.08. The molecule has 0 aliphatic rings. The van der Waals surface area contributed by atoms with Crippen molar-refractivity contribution in [2.75, 3.05) is 0 Å². The molecule has 0 heterocycles. The zero-order chi connectivity index (χ0) is 14.6. The smallest absolute Gasteiger partial charge is 0.395 e. The van der Waals surface area contributed by atoms with Crippen molar-refractivity contribution in [2.45, 2.75) is 26.2 Å². The molecule has 0 spiro atoms. The van der Waals surface area contributed by atoms with Crippen LogP contribution in [0.2, 0.25) is 0 Å². The summed E-state index contributed by atoms with van der Waals surface area (Å²) >= 11 is 0. The minimum atomic E-state index is -0.736. The molecule has 20 heavy (non-hydrogen) atoms. The van der Waals surface area contributed by atoms with E-state index in [0.717, 1.165) is 0 Å². The van der Waals surface area contributed by atoms with Crippen molar-refractivity contribution < 1.29 is 14.3 Å². The lowest BCUT2D eigenvalue weighted by molar-refractivity contribution is 0.152. The summed E-state index contributed by atoms with van der Waals surface area (Å²) < 4.78 is 10.2. The Morgan fingerprint density at radius 3 is 1.80 bits per heavy atom. The highest BCUT2D eigenvalue weighted by molar-refractivity contribution is 5.67. The Morgan fingerprint density at radius 2 is 1.30 bits per heavy atom. The summed E-state index contributed by atoms with van der Waals surface area (Å²) in [7, 11) is 0. The van der Waals surface area contributed by atoms with Gasteiger partial charge in [0.1, 0.15) is 11.5 Å². The van der Waals surface area contributed by atoms with E-state index in [1.54, 1.807) is 36.4 Å². The lowest BCUT2D eigenvalue weighted by Crippen LogP contribution is -2.14. The lowest BCUT2D eigenvalue weighted by atomic mass is 9.87. The van der Waals surface area contributed by atoms with Crippen molar-refractivity contribution in [1.29, 1.82) is 0 Å². The van der Waals surface area contributed by atoms with Crippen LogP contribution < -0.4 is 9.47 Å². The molecule has 0 amide bonds. The van der Waals surface area contributed by atoms with E-state index in [0.29, 0.717) is 11.5 Å². The fraction of sp³-hybridized carbons (Fsp3) is 0.235. The summed E-state index contributed by atoms with van der Waals surface area (Å²) in [5.41, 5.74) is 1.25. The maximum atomic E-state index is 11.6. The molecule has 3 heteroatoms. The van der Waals surface area contributed by atoms with Gasteiger partial charge >= 0.3 is 6.16 Å². The molecule has 2 rings (SSSR count). The first-order valence-corrected chi connectivity index (χ1v) is 6.50. The van der Waals surface area contributed by atoms with E-state index in [9.17, 15) is 4.79 Å². The molecule has 3 nitrogen and oxygen atoms in total. The summed E-state index contributed by atoms with van der Waals surface area (Å²) in [5.74, 6) is 0.933. The van der Waals surface area contributed by atoms with Gasteiger partial charge < -0.3 is 9.47 Å². The van der Waals surface area contributed by atoms with Crippen LogP contribution in [-0.2, 0) is 5.41 Å². The average molecular weight is 270 g/mol. The monoisotopic (exact) mass is 270 g/mol. The highest BCUT2D eigenvalue weighted by Gasteiger charge is 2.14. The van der Waals surface area contributed by atoms with Gasteiger partial charge in [0.15, 0.2) is 0 Å². The second kappa shape index (κ2) is 5.78. The lowest BCUT2D eigenvalue weighted by Gasteiger charge is -2.18. The van der Waals surface area contributed by atoms with Crippen molar-refractivity contribution in [3.63, 3.8) is 0 Å². The number of ether oxygens (including phenoxy) is 2. The first-order valence-electron chi connectivity index (χ1n) is 6.50. The molecule has 0 saturated carbocycles. The van der Waals surface area contributed by atoms with Crippen molar-refractivity contribution in [1.82, 2.24) is 0 Å². The van der Waals surface area contributed by atoms with Crippen LogP contribution in [0.25, 0.3) is 0 Å². The molecule has 0 radical (unpaired) electrons. The molecular weight excluding hydrogens is 252 g/mol. The summed E-state index contributed by atoms with van der Waals surface area (Å²) in [6, 6.07) is 16.3. The summed E-state index contributed by atoms with van der Waals surface area (Å²) in [5, 5.41) is 0. The van der Waals surface area contributed by atoms with Crippen LogP contribution in [0.4, 0.5) is 4.79 Å². The van der Waals surface area contributed by atoms with Crippen LogP contribution in [0.1, 0.15) is 26.3 Å². The highest BCUT2D eigenvalue weighted by atomic mass is 16.7. The number of rotatable bonds is 2. The molecular formula is C17H18O3. The molecule has 0 bridgehead atoms. The van der Waals surface area contributed by atoms with E-state index < -0.39 is 6.16 Å². The molecule has 0 N–H and O–H groups in total. The zero-order valence-corrected chi connectivity index (χ0v) is 11.9. The van der Waals surface area contributed by atoms with Crippen LogP contribution in [0.5, 0.6) is 11.5 Å². The van der Waals surface area contributed by atoms with Crippen LogP contribution in [-0.4, -0.2) is 6.16 Å². The SMILES string of the molecule is CC(C)(C)c1ccc(OC(=O)Oc2ccccc2)cc1. The van der Waals surface area contributed by atoms with Crippen LogP contribution in [0, 0.1) is 0 Å². The van der Waals surface area contributed by atoms with Gasteiger partial charge in [0.25, 0.3) is 0 Å². The number of hydrogen-bond acceptors (Lipinski definition) is 3. The Balaban J connectivity index is 1.98. The Morgan fingerprint density at radius 1 is 0.800 bits per heavy atom. The summed E-state index contributed by atoms with van der Waals surface area (Å²) in [4.78, 5) is 11.6. The minimum absolute atomic E-state index is 0.0725. The van der Waals surface area contributed by atoms with E-state index in [4.69, 9.17) is 9.47 Å². The Hall–Kier alpha value is -2.29. The van der Waals surface area contributed by atoms with Gasteiger partial charge in [0.05, 0.1) is 0 Å². The topological polar surface area (TPSA) is 35.5 Å². The van der Waals surface area contributed by atoms with Gasteiger partial charge in [-0.05, 0) is 35.2 Å². The summed E-state index contributed by atoms with van der Waals surface area (Å²) in [6.45, 7) is 6.39. The van der Waals surface area contributed by atoms with E-state index >= 15 is 0 Å². The quantitative estimate of drug-likeness (QED) is 0.592. The van der Waals surface area contributed by atoms with Crippen molar-refractivity contribution >= 4 is 6.16 Å². The van der Waals surface area contributed by atoms with Crippen LogP contribution >= 0.6 is 0 Å². The maximum absolute atomic E-state index is 11.6. The average Bonchev–Trinajstić information content (AvgIpc) is 2.39.